The first-order chi connectivity index (χ1) is 9.61. The van der Waals surface area contributed by atoms with Gasteiger partial charge < -0.3 is 4.98 Å². The molecule has 0 fully saturated rings. The molecule has 0 aliphatic rings. The van der Waals surface area contributed by atoms with Crippen LogP contribution in [0.2, 0.25) is 0 Å². The summed E-state index contributed by atoms with van der Waals surface area (Å²) in [7, 11) is 0. The Balaban J connectivity index is 2.21. The number of benzene rings is 2. The van der Waals surface area contributed by atoms with E-state index in [1.807, 2.05) is 30.3 Å². The summed E-state index contributed by atoms with van der Waals surface area (Å²) < 4.78 is 2.94. The van der Waals surface area contributed by atoms with Gasteiger partial charge in [0.1, 0.15) is 11.0 Å². The van der Waals surface area contributed by atoms with Gasteiger partial charge in [-0.1, -0.05) is 31.9 Å². The number of aromatic amines is 1. The molecule has 1 N–H and O–H groups in total. The van der Waals surface area contributed by atoms with Gasteiger partial charge in [0.05, 0.1) is 11.0 Å². The van der Waals surface area contributed by atoms with Gasteiger partial charge in [0.25, 0.3) is 0 Å². The van der Waals surface area contributed by atoms with Crippen LogP contribution in [0.5, 0.6) is 0 Å². The molecule has 0 aliphatic heterocycles. The lowest BCUT2D eigenvalue weighted by Gasteiger charge is -2.01. The van der Waals surface area contributed by atoms with Gasteiger partial charge in [-0.2, -0.15) is 0 Å². The average Bonchev–Trinajstić information content (AvgIpc) is 2.73. The maximum absolute atomic E-state index is 4.75. The smallest absolute Gasteiger partial charge is 0.157 e. The highest BCUT2D eigenvalue weighted by Gasteiger charge is 2.11. The fraction of sp³-hybridized carbons (Fsp3) is 0. The molecule has 98 valence electrons. The van der Waals surface area contributed by atoms with E-state index >= 15 is 0 Å². The highest BCUT2D eigenvalue weighted by atomic mass is 79.9. The third-order valence-corrected chi connectivity index (χ3v) is 4.73. The number of nitrogens with one attached hydrogen (secondary N) is 1. The zero-order chi connectivity index (χ0) is 13.9. The molecular formula is C14H6Br3N3. The predicted molar refractivity (Wildman–Crippen MR) is 92.0 cm³/mol. The average molecular weight is 456 g/mol. The van der Waals surface area contributed by atoms with Gasteiger partial charge in [-0.05, 0) is 46.3 Å². The number of aromatic nitrogens is 3. The molecule has 6 heteroatoms. The van der Waals surface area contributed by atoms with Crippen LogP contribution in [0, 0.1) is 0 Å². The Hall–Kier alpha value is -0.980. The molecule has 0 saturated carbocycles. The standard InChI is InChI=1S/C14H6Br3N3/c15-6-1-2-8-10(4-6)19-14-12(8)18-11-5-7(16)3-9(17)13(11)20-14/h1-5H,(H,19,20). The molecule has 2 aromatic heterocycles. The molecular weight excluding hydrogens is 450 g/mol. The summed E-state index contributed by atoms with van der Waals surface area (Å²) in [5.41, 5.74) is 4.44. The lowest BCUT2D eigenvalue weighted by molar-refractivity contribution is 1.34. The van der Waals surface area contributed by atoms with Crippen molar-refractivity contribution in [2.75, 3.05) is 0 Å². The van der Waals surface area contributed by atoms with Crippen LogP contribution in [0.3, 0.4) is 0 Å². The first-order valence-electron chi connectivity index (χ1n) is 5.85. The second kappa shape index (κ2) is 4.51. The summed E-state index contributed by atoms with van der Waals surface area (Å²) in [6, 6.07) is 10.0. The lowest BCUT2D eigenvalue weighted by atomic mass is 10.2. The van der Waals surface area contributed by atoms with Crippen LogP contribution in [0.15, 0.2) is 43.7 Å². The van der Waals surface area contributed by atoms with Crippen molar-refractivity contribution in [2.45, 2.75) is 0 Å². The van der Waals surface area contributed by atoms with E-state index in [1.54, 1.807) is 0 Å². The quantitative estimate of drug-likeness (QED) is 0.377. The number of hydrogen-bond acceptors (Lipinski definition) is 2. The van der Waals surface area contributed by atoms with Crippen molar-refractivity contribution in [2.24, 2.45) is 0 Å². The molecule has 2 aromatic carbocycles. The fourth-order valence-electron chi connectivity index (χ4n) is 2.32. The Kier molecular flexibility index (Phi) is 2.87. The molecule has 0 radical (unpaired) electrons. The predicted octanol–water partition coefficient (Wildman–Crippen LogP) is 5.55. The fourth-order valence-corrected chi connectivity index (χ4v) is 3.97. The van der Waals surface area contributed by atoms with Gasteiger partial charge in [-0.3, -0.25) is 0 Å². The largest absolute Gasteiger partial charge is 0.338 e. The molecule has 0 amide bonds. The monoisotopic (exact) mass is 453 g/mol. The van der Waals surface area contributed by atoms with Gasteiger partial charge in [-0.25, -0.2) is 9.97 Å². The van der Waals surface area contributed by atoms with Gasteiger partial charge in [0.2, 0.25) is 0 Å². The molecule has 0 unspecified atom stereocenters. The first-order valence-corrected chi connectivity index (χ1v) is 8.23. The lowest BCUT2D eigenvalue weighted by Crippen LogP contribution is -1.87. The molecule has 4 aromatic rings. The highest BCUT2D eigenvalue weighted by molar-refractivity contribution is 9.11. The van der Waals surface area contributed by atoms with Crippen LogP contribution in [0.25, 0.3) is 33.1 Å². The maximum Gasteiger partial charge on any atom is 0.157 e. The number of rotatable bonds is 0. The van der Waals surface area contributed by atoms with E-state index in [1.165, 1.54) is 0 Å². The van der Waals surface area contributed by atoms with Crippen molar-refractivity contribution in [3.63, 3.8) is 0 Å². The van der Waals surface area contributed by atoms with Crippen molar-refractivity contribution in [3.8, 4) is 0 Å². The Morgan fingerprint density at radius 3 is 2.55 bits per heavy atom. The molecule has 2 heterocycles. The molecule has 0 atom stereocenters. The molecule has 0 aliphatic carbocycles. The van der Waals surface area contributed by atoms with Gasteiger partial charge in [0, 0.05) is 18.8 Å². The Bertz CT molecular complexity index is 991. The third kappa shape index (κ3) is 1.89. The van der Waals surface area contributed by atoms with Crippen molar-refractivity contribution in [3.05, 3.63) is 43.7 Å². The van der Waals surface area contributed by atoms with E-state index < -0.39 is 0 Å². The summed E-state index contributed by atoms with van der Waals surface area (Å²) in [6.07, 6.45) is 0. The van der Waals surface area contributed by atoms with E-state index in [2.05, 4.69) is 57.8 Å². The molecule has 0 bridgehead atoms. The first kappa shape index (κ1) is 12.7. The zero-order valence-electron chi connectivity index (χ0n) is 9.92. The number of hydrogen-bond donors (Lipinski definition) is 1. The van der Waals surface area contributed by atoms with Gasteiger partial charge in [-0.15, -0.1) is 0 Å². The second-order valence-corrected chi connectivity index (χ2v) is 7.18. The highest BCUT2D eigenvalue weighted by Crippen LogP contribution is 2.31. The summed E-state index contributed by atoms with van der Waals surface area (Å²) >= 11 is 10.5. The van der Waals surface area contributed by atoms with Crippen molar-refractivity contribution >= 4 is 80.9 Å². The van der Waals surface area contributed by atoms with Crippen LogP contribution in [0.1, 0.15) is 0 Å². The molecule has 3 nitrogen and oxygen atoms in total. The number of halogens is 3. The van der Waals surface area contributed by atoms with E-state index in [9.17, 15) is 0 Å². The minimum atomic E-state index is 0.800. The molecule has 4 rings (SSSR count). The van der Waals surface area contributed by atoms with Crippen LogP contribution >= 0.6 is 47.8 Å². The minimum Gasteiger partial charge on any atom is -0.338 e. The summed E-state index contributed by atoms with van der Waals surface area (Å²) in [6.45, 7) is 0. The Morgan fingerprint density at radius 1 is 0.850 bits per heavy atom. The van der Waals surface area contributed by atoms with E-state index in [4.69, 9.17) is 4.98 Å². The molecule has 20 heavy (non-hydrogen) atoms. The van der Waals surface area contributed by atoms with E-state index in [-0.39, 0.29) is 0 Å². The third-order valence-electron chi connectivity index (χ3n) is 3.18. The number of H-pyrrole nitrogens is 1. The minimum absolute atomic E-state index is 0.800. The maximum atomic E-state index is 4.75. The summed E-state index contributed by atoms with van der Waals surface area (Å²) in [5.74, 6) is 0. The summed E-state index contributed by atoms with van der Waals surface area (Å²) in [4.78, 5) is 12.7. The van der Waals surface area contributed by atoms with E-state index in [0.717, 1.165) is 46.5 Å². The van der Waals surface area contributed by atoms with Crippen molar-refractivity contribution in [1.82, 2.24) is 15.0 Å². The second-order valence-electron chi connectivity index (χ2n) is 4.49. The molecule has 0 spiro atoms. The molecule has 0 saturated heterocycles. The van der Waals surface area contributed by atoms with Crippen molar-refractivity contribution < 1.29 is 0 Å². The van der Waals surface area contributed by atoms with Crippen LogP contribution in [-0.2, 0) is 0 Å². The zero-order valence-corrected chi connectivity index (χ0v) is 14.7. The summed E-state index contributed by atoms with van der Waals surface area (Å²) in [5, 5.41) is 1.08. The topological polar surface area (TPSA) is 41.6 Å². The van der Waals surface area contributed by atoms with Gasteiger partial charge in [0.15, 0.2) is 5.65 Å². The van der Waals surface area contributed by atoms with Crippen LogP contribution in [0.4, 0.5) is 0 Å². The van der Waals surface area contributed by atoms with Crippen LogP contribution < -0.4 is 0 Å². The number of nitrogens with zero attached hydrogens (tertiary/aromatic N) is 2. The Labute approximate surface area is 139 Å². The normalized spacial score (nSPS) is 11.8. The number of fused-ring (bicyclic) bond motifs is 4. The Morgan fingerprint density at radius 2 is 1.70 bits per heavy atom. The van der Waals surface area contributed by atoms with E-state index in [0.29, 0.717) is 0 Å². The SMILES string of the molecule is Brc1cc(Br)c2nc3[nH]c4cc(Br)ccc4c3nc2c1. The van der Waals surface area contributed by atoms with Gasteiger partial charge >= 0.3 is 0 Å². The van der Waals surface area contributed by atoms with Crippen molar-refractivity contribution in [1.29, 1.82) is 0 Å². The van der Waals surface area contributed by atoms with Crippen LogP contribution in [-0.4, -0.2) is 15.0 Å².